The summed E-state index contributed by atoms with van der Waals surface area (Å²) in [5.41, 5.74) is 1.08. The average Bonchev–Trinajstić information content (AvgIpc) is 2.62. The van der Waals surface area contributed by atoms with E-state index in [4.69, 9.17) is 47.0 Å². The third kappa shape index (κ3) is 9.17. The Morgan fingerprint density at radius 3 is 2.25 bits per heavy atom. The average molecular weight is 465 g/mol. The van der Waals surface area contributed by atoms with E-state index < -0.39 is 9.96 Å². The van der Waals surface area contributed by atoms with Gasteiger partial charge in [0.2, 0.25) is 9.70 Å². The predicted octanol–water partition coefficient (Wildman–Crippen LogP) is 5.01. The molecule has 1 aliphatic rings. The van der Waals surface area contributed by atoms with Gasteiger partial charge in [-0.3, -0.25) is 4.79 Å². The first kappa shape index (κ1) is 23.5. The summed E-state index contributed by atoms with van der Waals surface area (Å²) in [5.74, 6) is -0.207. The van der Waals surface area contributed by atoms with Crippen LogP contribution < -0.4 is 16.0 Å². The Morgan fingerprint density at radius 1 is 1.04 bits per heavy atom. The maximum atomic E-state index is 12.3. The van der Waals surface area contributed by atoms with Crippen LogP contribution in [0.1, 0.15) is 56.9 Å². The summed E-state index contributed by atoms with van der Waals surface area (Å²) in [7, 11) is 0. The lowest BCUT2D eigenvalue weighted by molar-refractivity contribution is -0.121. The topological polar surface area (TPSA) is 53.2 Å². The van der Waals surface area contributed by atoms with Crippen molar-refractivity contribution >= 4 is 58.0 Å². The molecule has 4 nitrogen and oxygen atoms in total. The maximum absolute atomic E-state index is 12.3. The van der Waals surface area contributed by atoms with Gasteiger partial charge in [0.15, 0.2) is 5.11 Å². The van der Waals surface area contributed by atoms with Crippen molar-refractivity contribution in [2.45, 2.75) is 73.8 Å². The first-order valence-corrected chi connectivity index (χ1v) is 11.4. The van der Waals surface area contributed by atoms with Crippen molar-refractivity contribution in [2.24, 2.45) is 0 Å². The molecule has 1 amide bonds. The molecule has 1 aliphatic carbocycles. The Morgan fingerprint density at radius 2 is 1.64 bits per heavy atom. The largest absolute Gasteiger partial charge is 0.360 e. The first-order valence-electron chi connectivity index (χ1n) is 9.81. The fraction of sp³-hybridized carbons (Fsp3) is 0.600. The van der Waals surface area contributed by atoms with E-state index in [1.54, 1.807) is 0 Å². The number of benzene rings is 1. The van der Waals surface area contributed by atoms with Crippen LogP contribution in [-0.4, -0.2) is 27.0 Å². The lowest BCUT2D eigenvalue weighted by Crippen LogP contribution is -2.58. The highest BCUT2D eigenvalue weighted by Crippen LogP contribution is 2.29. The molecule has 1 fully saturated rings. The monoisotopic (exact) mass is 463 g/mol. The van der Waals surface area contributed by atoms with Crippen LogP contribution in [0, 0.1) is 0 Å². The van der Waals surface area contributed by atoms with Crippen molar-refractivity contribution in [1.82, 2.24) is 16.0 Å². The number of aryl methyl sites for hydroxylation is 1. The highest BCUT2D eigenvalue weighted by Gasteiger charge is 2.34. The van der Waals surface area contributed by atoms with E-state index in [-0.39, 0.29) is 5.91 Å². The summed E-state index contributed by atoms with van der Waals surface area (Å²) in [4.78, 5) is 12.3. The predicted molar refractivity (Wildman–Crippen MR) is 122 cm³/mol. The van der Waals surface area contributed by atoms with Crippen LogP contribution in [0.4, 0.5) is 0 Å². The van der Waals surface area contributed by atoms with Crippen LogP contribution in [0.5, 0.6) is 0 Å². The molecule has 28 heavy (non-hydrogen) atoms. The number of halogens is 3. The summed E-state index contributed by atoms with van der Waals surface area (Å²) in [5, 5.41) is 9.41. The van der Waals surface area contributed by atoms with E-state index in [0.717, 1.165) is 18.4 Å². The summed E-state index contributed by atoms with van der Waals surface area (Å²) in [6.45, 7) is 0. The normalized spacial score (nSPS) is 17.1. The zero-order valence-electron chi connectivity index (χ0n) is 15.9. The number of hydrogen-bond donors (Lipinski definition) is 3. The summed E-state index contributed by atoms with van der Waals surface area (Å²) in [6, 6.07) is 10.1. The Labute approximate surface area is 188 Å². The number of carbonyl (C=O) groups is 1. The quantitative estimate of drug-likeness (QED) is 0.315. The highest BCUT2D eigenvalue weighted by molar-refractivity contribution is 7.80. The third-order valence-corrected chi connectivity index (χ3v) is 5.72. The van der Waals surface area contributed by atoms with Gasteiger partial charge in [0.1, 0.15) is 6.17 Å². The molecular formula is C20H28Cl3N3OS. The highest BCUT2D eigenvalue weighted by atomic mass is 35.6. The van der Waals surface area contributed by atoms with Crippen LogP contribution in [-0.2, 0) is 11.2 Å². The fourth-order valence-corrected chi connectivity index (χ4v) is 3.91. The maximum Gasteiger partial charge on any atom is 0.228 e. The number of amides is 1. The number of thiocarbonyl (C=S) groups is 1. The molecule has 0 heterocycles. The smallest absolute Gasteiger partial charge is 0.228 e. The van der Waals surface area contributed by atoms with Crippen molar-refractivity contribution < 1.29 is 4.79 Å². The number of carbonyl (C=O) groups excluding carboxylic acids is 1. The van der Waals surface area contributed by atoms with Crippen LogP contribution >= 0.6 is 47.0 Å². The van der Waals surface area contributed by atoms with Gasteiger partial charge in [-0.15, -0.1) is 0 Å². The minimum Gasteiger partial charge on any atom is -0.360 e. The number of hydrogen-bond acceptors (Lipinski definition) is 2. The van der Waals surface area contributed by atoms with Gasteiger partial charge >= 0.3 is 0 Å². The van der Waals surface area contributed by atoms with E-state index in [1.807, 2.05) is 30.3 Å². The SMILES string of the molecule is O=C(CCc1ccccc1)NC(NC(=S)NC1CCCCCCC1)C(Cl)(Cl)Cl. The molecule has 156 valence electrons. The van der Waals surface area contributed by atoms with Gasteiger partial charge in [0.05, 0.1) is 0 Å². The molecule has 8 heteroatoms. The Hall–Kier alpha value is -0.750. The number of rotatable bonds is 6. The third-order valence-electron chi connectivity index (χ3n) is 4.83. The fourth-order valence-electron chi connectivity index (χ4n) is 3.29. The van der Waals surface area contributed by atoms with Crippen molar-refractivity contribution in [2.75, 3.05) is 0 Å². The summed E-state index contributed by atoms with van der Waals surface area (Å²) >= 11 is 23.6. The zero-order valence-corrected chi connectivity index (χ0v) is 18.9. The molecule has 0 bridgehead atoms. The van der Waals surface area contributed by atoms with Gasteiger partial charge in [-0.2, -0.15) is 0 Å². The Kier molecular flexibility index (Phi) is 10.1. The van der Waals surface area contributed by atoms with E-state index >= 15 is 0 Å². The first-order chi connectivity index (χ1) is 13.3. The molecule has 1 aromatic rings. The second-order valence-corrected chi connectivity index (χ2v) is 9.96. The lowest BCUT2D eigenvalue weighted by atomic mass is 9.97. The molecule has 0 saturated heterocycles. The molecule has 0 radical (unpaired) electrons. The molecule has 2 rings (SSSR count). The van der Waals surface area contributed by atoms with Gasteiger partial charge in [-0.05, 0) is 37.0 Å². The molecule has 0 aromatic heterocycles. The molecule has 1 aromatic carbocycles. The number of alkyl halides is 3. The Bertz CT molecular complexity index is 617. The van der Waals surface area contributed by atoms with Crippen LogP contribution in [0.25, 0.3) is 0 Å². The van der Waals surface area contributed by atoms with E-state index in [2.05, 4.69) is 16.0 Å². The van der Waals surface area contributed by atoms with E-state index in [0.29, 0.717) is 24.0 Å². The minimum absolute atomic E-state index is 0.207. The van der Waals surface area contributed by atoms with Crippen molar-refractivity contribution in [3.05, 3.63) is 35.9 Å². The molecule has 0 spiro atoms. The minimum atomic E-state index is -1.73. The van der Waals surface area contributed by atoms with Crippen LogP contribution in [0.3, 0.4) is 0 Å². The van der Waals surface area contributed by atoms with Gasteiger partial charge < -0.3 is 16.0 Å². The van der Waals surface area contributed by atoms with Crippen molar-refractivity contribution in [3.8, 4) is 0 Å². The molecule has 3 N–H and O–H groups in total. The summed E-state index contributed by atoms with van der Waals surface area (Å²) < 4.78 is -1.73. The molecule has 1 saturated carbocycles. The second kappa shape index (κ2) is 12.1. The van der Waals surface area contributed by atoms with Gasteiger partial charge in [0.25, 0.3) is 0 Å². The lowest BCUT2D eigenvalue weighted by Gasteiger charge is -2.30. The van der Waals surface area contributed by atoms with Crippen LogP contribution in [0.15, 0.2) is 30.3 Å². The Balaban J connectivity index is 1.84. The molecule has 0 aliphatic heterocycles. The zero-order chi connectivity index (χ0) is 20.4. The molecule has 1 unspecified atom stereocenters. The van der Waals surface area contributed by atoms with Gasteiger partial charge in [0, 0.05) is 12.5 Å². The molecular weight excluding hydrogens is 437 g/mol. The van der Waals surface area contributed by atoms with E-state index in [9.17, 15) is 4.79 Å². The van der Waals surface area contributed by atoms with Crippen LogP contribution in [0.2, 0.25) is 0 Å². The number of nitrogens with one attached hydrogen (secondary N) is 3. The molecule has 1 atom stereocenters. The van der Waals surface area contributed by atoms with Crippen molar-refractivity contribution in [1.29, 1.82) is 0 Å². The van der Waals surface area contributed by atoms with Gasteiger partial charge in [-0.1, -0.05) is 97.2 Å². The second-order valence-electron chi connectivity index (χ2n) is 7.19. The summed E-state index contributed by atoms with van der Waals surface area (Å²) in [6.07, 6.45) is 8.34. The van der Waals surface area contributed by atoms with Gasteiger partial charge in [-0.25, -0.2) is 0 Å². The standard InChI is InChI=1S/C20H28Cl3N3OS/c21-20(22,23)18(25-17(27)14-13-15-9-5-4-6-10-15)26-19(28)24-16-11-7-2-1-3-8-12-16/h4-6,9-10,16,18H,1-3,7-8,11-14H2,(H,25,27)(H2,24,26,28). The van der Waals surface area contributed by atoms with E-state index in [1.165, 1.54) is 32.1 Å². The van der Waals surface area contributed by atoms with Crippen molar-refractivity contribution in [3.63, 3.8) is 0 Å².